The predicted octanol–water partition coefficient (Wildman–Crippen LogP) is 5.12. The highest BCUT2D eigenvalue weighted by molar-refractivity contribution is 5.79. The van der Waals surface area contributed by atoms with E-state index >= 15 is 0 Å². The fourth-order valence-electron chi connectivity index (χ4n) is 4.27. The molecule has 7 heteroatoms. The SMILES string of the molecule is [C-]#[N+]c1ccc(OCC(=O)N2CCC(CCc3cnc(C)cn3)CC2)c(-c2ccc(C#N)cc2)c1. The van der Waals surface area contributed by atoms with Crippen LogP contribution >= 0.6 is 0 Å². The number of amides is 1. The molecule has 1 aliphatic rings. The minimum absolute atomic E-state index is 0.0344. The maximum Gasteiger partial charge on any atom is 0.260 e. The molecule has 2 aromatic carbocycles. The zero-order chi connectivity index (χ0) is 24.6. The molecule has 1 aromatic heterocycles. The highest BCUT2D eigenvalue weighted by atomic mass is 16.5. The van der Waals surface area contributed by atoms with E-state index in [-0.39, 0.29) is 12.5 Å². The second-order valence-corrected chi connectivity index (χ2v) is 8.78. The van der Waals surface area contributed by atoms with Gasteiger partial charge in [-0.15, -0.1) is 0 Å². The third-order valence-corrected chi connectivity index (χ3v) is 6.38. The van der Waals surface area contributed by atoms with Crippen molar-refractivity contribution in [2.24, 2.45) is 5.92 Å². The van der Waals surface area contributed by atoms with E-state index in [0.29, 0.717) is 22.9 Å². The van der Waals surface area contributed by atoms with Crippen molar-refractivity contribution in [2.75, 3.05) is 19.7 Å². The van der Waals surface area contributed by atoms with Crippen molar-refractivity contribution in [3.8, 4) is 22.9 Å². The van der Waals surface area contributed by atoms with Crippen LogP contribution in [0.3, 0.4) is 0 Å². The summed E-state index contributed by atoms with van der Waals surface area (Å²) in [7, 11) is 0. The van der Waals surface area contributed by atoms with Gasteiger partial charge in [-0.05, 0) is 68.4 Å². The molecule has 0 saturated carbocycles. The molecule has 0 bridgehead atoms. The predicted molar refractivity (Wildman–Crippen MR) is 133 cm³/mol. The summed E-state index contributed by atoms with van der Waals surface area (Å²) in [6.07, 6.45) is 7.56. The van der Waals surface area contributed by atoms with E-state index in [1.54, 1.807) is 36.5 Å². The van der Waals surface area contributed by atoms with Crippen LogP contribution in [0.5, 0.6) is 5.75 Å². The van der Waals surface area contributed by atoms with E-state index in [2.05, 4.69) is 20.9 Å². The number of carbonyl (C=O) groups excluding carboxylic acids is 1. The van der Waals surface area contributed by atoms with E-state index in [9.17, 15) is 4.79 Å². The molecule has 1 amide bonds. The molecule has 0 atom stereocenters. The molecule has 35 heavy (non-hydrogen) atoms. The second kappa shape index (κ2) is 11.3. The van der Waals surface area contributed by atoms with Gasteiger partial charge in [0.2, 0.25) is 0 Å². The van der Waals surface area contributed by atoms with Gasteiger partial charge in [0.1, 0.15) is 5.75 Å². The number of carbonyl (C=O) groups is 1. The minimum Gasteiger partial charge on any atom is -0.483 e. The Balaban J connectivity index is 1.32. The molecule has 7 nitrogen and oxygen atoms in total. The smallest absolute Gasteiger partial charge is 0.260 e. The Bertz CT molecular complexity index is 1250. The molecule has 0 unspecified atom stereocenters. The van der Waals surface area contributed by atoms with Crippen LogP contribution in [-0.4, -0.2) is 40.5 Å². The van der Waals surface area contributed by atoms with Crippen LogP contribution in [0.2, 0.25) is 0 Å². The second-order valence-electron chi connectivity index (χ2n) is 8.78. The Morgan fingerprint density at radius 3 is 2.60 bits per heavy atom. The summed E-state index contributed by atoms with van der Waals surface area (Å²) in [5, 5.41) is 9.05. The lowest BCUT2D eigenvalue weighted by Crippen LogP contribution is -2.41. The Morgan fingerprint density at radius 1 is 1.17 bits per heavy atom. The first-order valence-corrected chi connectivity index (χ1v) is 11.8. The summed E-state index contributed by atoms with van der Waals surface area (Å²) >= 11 is 0. The normalized spacial score (nSPS) is 13.6. The molecule has 3 aromatic rings. The number of piperidine rings is 1. The highest BCUT2D eigenvalue weighted by Gasteiger charge is 2.23. The molecule has 2 heterocycles. The summed E-state index contributed by atoms with van der Waals surface area (Å²) in [6.45, 7) is 10.7. The van der Waals surface area contributed by atoms with E-state index in [1.807, 2.05) is 30.2 Å². The monoisotopic (exact) mass is 465 g/mol. The van der Waals surface area contributed by atoms with E-state index in [4.69, 9.17) is 16.6 Å². The summed E-state index contributed by atoms with van der Waals surface area (Å²) in [5.74, 6) is 1.09. The molecule has 0 aliphatic carbocycles. The quantitative estimate of drug-likeness (QED) is 0.452. The Kier molecular flexibility index (Phi) is 7.70. The lowest BCUT2D eigenvalue weighted by Gasteiger charge is -2.32. The van der Waals surface area contributed by atoms with Crippen LogP contribution in [0.4, 0.5) is 5.69 Å². The molecule has 176 valence electrons. The number of hydrogen-bond donors (Lipinski definition) is 0. The van der Waals surface area contributed by atoms with Gasteiger partial charge < -0.3 is 9.64 Å². The van der Waals surface area contributed by atoms with Crippen molar-refractivity contribution in [3.63, 3.8) is 0 Å². The van der Waals surface area contributed by atoms with E-state index < -0.39 is 0 Å². The number of nitriles is 1. The number of aryl methyl sites for hydroxylation is 2. The lowest BCUT2D eigenvalue weighted by molar-refractivity contribution is -0.134. The van der Waals surface area contributed by atoms with Crippen molar-refractivity contribution in [1.29, 1.82) is 5.26 Å². The van der Waals surface area contributed by atoms with Gasteiger partial charge >= 0.3 is 0 Å². The molecular weight excluding hydrogens is 438 g/mol. The Labute approximate surface area is 205 Å². The van der Waals surface area contributed by atoms with Crippen molar-refractivity contribution >= 4 is 11.6 Å². The highest BCUT2D eigenvalue weighted by Crippen LogP contribution is 2.34. The Hall–Kier alpha value is -4.23. The minimum atomic E-state index is -0.0513. The fraction of sp³-hybridized carbons (Fsp3) is 0.321. The average molecular weight is 466 g/mol. The van der Waals surface area contributed by atoms with Gasteiger partial charge in [-0.2, -0.15) is 5.26 Å². The molecule has 1 fully saturated rings. The topological polar surface area (TPSA) is 83.5 Å². The van der Waals surface area contributed by atoms with Gasteiger partial charge in [-0.1, -0.05) is 18.2 Å². The van der Waals surface area contributed by atoms with E-state index in [1.165, 1.54) is 0 Å². The number of aromatic nitrogens is 2. The van der Waals surface area contributed by atoms with Gasteiger partial charge in [0.15, 0.2) is 12.3 Å². The zero-order valence-corrected chi connectivity index (χ0v) is 19.8. The van der Waals surface area contributed by atoms with Crippen molar-refractivity contribution in [1.82, 2.24) is 14.9 Å². The van der Waals surface area contributed by atoms with Crippen LogP contribution in [0, 0.1) is 30.7 Å². The molecule has 0 spiro atoms. The summed E-state index contributed by atoms with van der Waals surface area (Å²) in [6, 6.07) is 14.4. The van der Waals surface area contributed by atoms with Crippen LogP contribution in [0.15, 0.2) is 54.9 Å². The maximum absolute atomic E-state index is 12.8. The van der Waals surface area contributed by atoms with Crippen LogP contribution in [0.1, 0.15) is 36.2 Å². The number of nitrogens with zero attached hydrogens (tertiary/aromatic N) is 5. The summed E-state index contributed by atoms with van der Waals surface area (Å²) < 4.78 is 5.93. The number of ether oxygens (including phenoxy) is 1. The van der Waals surface area contributed by atoms with Gasteiger partial charge in [0, 0.05) is 31.0 Å². The third kappa shape index (κ3) is 6.22. The van der Waals surface area contributed by atoms with Crippen molar-refractivity contribution < 1.29 is 9.53 Å². The van der Waals surface area contributed by atoms with E-state index in [0.717, 1.165) is 61.3 Å². The maximum atomic E-state index is 12.8. The molecule has 0 radical (unpaired) electrons. The first kappa shape index (κ1) is 23.9. The standard InChI is InChI=1S/C28H27N5O2/c1-20-17-32-25(18-31-20)8-5-21-11-13-33(14-12-21)28(34)19-35-27-10-9-24(30-2)15-26(27)23-6-3-22(16-29)4-7-23/h3-4,6-7,9-10,15,17-18,21H,5,8,11-14,19H2,1H3. The van der Waals surface area contributed by atoms with Gasteiger partial charge in [-0.25, -0.2) is 4.85 Å². The third-order valence-electron chi connectivity index (χ3n) is 6.38. The van der Waals surface area contributed by atoms with Crippen LogP contribution in [-0.2, 0) is 11.2 Å². The number of likely N-dealkylation sites (tertiary alicyclic amines) is 1. The fourth-order valence-corrected chi connectivity index (χ4v) is 4.27. The lowest BCUT2D eigenvalue weighted by atomic mass is 9.91. The molecule has 4 rings (SSSR count). The molecule has 1 saturated heterocycles. The van der Waals surface area contributed by atoms with Crippen molar-refractivity contribution in [3.05, 3.63) is 83.2 Å². The van der Waals surface area contributed by atoms with Crippen LogP contribution < -0.4 is 4.74 Å². The summed E-state index contributed by atoms with van der Waals surface area (Å²) in [4.78, 5) is 27.0. The first-order chi connectivity index (χ1) is 17.1. The van der Waals surface area contributed by atoms with Gasteiger partial charge in [0.25, 0.3) is 5.91 Å². The van der Waals surface area contributed by atoms with Crippen LogP contribution in [0.25, 0.3) is 16.0 Å². The zero-order valence-electron chi connectivity index (χ0n) is 19.8. The number of hydrogen-bond acceptors (Lipinski definition) is 5. The van der Waals surface area contributed by atoms with Crippen molar-refractivity contribution in [2.45, 2.75) is 32.6 Å². The molecular formula is C28H27N5O2. The molecule has 0 N–H and O–H groups in total. The number of benzene rings is 2. The summed E-state index contributed by atoms with van der Waals surface area (Å²) in [5.41, 5.74) is 4.55. The number of rotatable bonds is 7. The largest absolute Gasteiger partial charge is 0.483 e. The average Bonchev–Trinajstić information content (AvgIpc) is 2.91. The van der Waals surface area contributed by atoms with Gasteiger partial charge in [0.05, 0.1) is 29.6 Å². The van der Waals surface area contributed by atoms with Gasteiger partial charge in [-0.3, -0.25) is 14.8 Å². The Morgan fingerprint density at radius 2 is 1.94 bits per heavy atom. The molecule has 1 aliphatic heterocycles. The first-order valence-electron chi connectivity index (χ1n) is 11.8.